The van der Waals surface area contributed by atoms with Crippen LogP contribution in [-0.4, -0.2) is 35.4 Å². The highest BCUT2D eigenvalue weighted by atomic mass is 16.6. The third-order valence-electron chi connectivity index (χ3n) is 3.80. The number of nitro benzene ring substituents is 1. The van der Waals surface area contributed by atoms with E-state index in [1.807, 2.05) is 11.8 Å². The molecule has 0 aromatic heterocycles. The number of likely N-dealkylation sites (tertiary alicyclic amines) is 1. The van der Waals surface area contributed by atoms with Crippen LogP contribution in [-0.2, 0) is 4.79 Å². The molecular formula is C15H20N2O4. The standard InChI is InChI=1S/C15H20N2O4/c1-2-15(18)16-9-7-12(8-10-16)11-21-14-5-3-13(4-6-14)17(19)20/h3-6,12H,2,7-11H2,1H3. The summed E-state index contributed by atoms with van der Waals surface area (Å²) < 4.78 is 5.68. The van der Waals surface area contributed by atoms with Crippen LogP contribution in [0, 0.1) is 16.0 Å². The van der Waals surface area contributed by atoms with Gasteiger partial charge in [-0.15, -0.1) is 0 Å². The minimum atomic E-state index is -0.426. The molecule has 1 amide bonds. The summed E-state index contributed by atoms with van der Waals surface area (Å²) in [6, 6.07) is 6.12. The lowest BCUT2D eigenvalue weighted by atomic mass is 9.97. The summed E-state index contributed by atoms with van der Waals surface area (Å²) in [5.41, 5.74) is 0.0636. The average molecular weight is 292 g/mol. The number of rotatable bonds is 5. The van der Waals surface area contributed by atoms with Crippen LogP contribution in [0.2, 0.25) is 0 Å². The van der Waals surface area contributed by atoms with E-state index in [-0.39, 0.29) is 11.6 Å². The molecule has 0 bridgehead atoms. The topological polar surface area (TPSA) is 72.7 Å². The molecule has 6 nitrogen and oxygen atoms in total. The first-order valence-corrected chi connectivity index (χ1v) is 7.25. The summed E-state index contributed by atoms with van der Waals surface area (Å²) in [5.74, 6) is 1.29. The van der Waals surface area contributed by atoms with Crippen molar-refractivity contribution in [2.75, 3.05) is 19.7 Å². The molecule has 0 atom stereocenters. The molecule has 0 N–H and O–H groups in total. The third kappa shape index (κ3) is 4.18. The average Bonchev–Trinajstić information content (AvgIpc) is 2.53. The number of hydrogen-bond acceptors (Lipinski definition) is 4. The maximum Gasteiger partial charge on any atom is 0.269 e. The van der Waals surface area contributed by atoms with Gasteiger partial charge >= 0.3 is 0 Å². The van der Waals surface area contributed by atoms with Gasteiger partial charge in [0.25, 0.3) is 5.69 Å². The predicted octanol–water partition coefficient (Wildman–Crippen LogP) is 2.62. The summed E-state index contributed by atoms with van der Waals surface area (Å²) in [6.45, 7) is 4.06. The molecule has 6 heteroatoms. The first kappa shape index (κ1) is 15.3. The van der Waals surface area contributed by atoms with Crippen molar-refractivity contribution in [3.05, 3.63) is 34.4 Å². The Balaban J connectivity index is 1.77. The Kier molecular flexibility index (Phi) is 5.14. The lowest BCUT2D eigenvalue weighted by Crippen LogP contribution is -2.39. The number of nitrogens with zero attached hydrogens (tertiary/aromatic N) is 2. The Morgan fingerprint density at radius 2 is 1.95 bits per heavy atom. The highest BCUT2D eigenvalue weighted by molar-refractivity contribution is 5.75. The van der Waals surface area contributed by atoms with Crippen LogP contribution in [0.1, 0.15) is 26.2 Å². The molecule has 1 aliphatic rings. The van der Waals surface area contributed by atoms with E-state index in [0.717, 1.165) is 25.9 Å². The van der Waals surface area contributed by atoms with Gasteiger partial charge in [0.2, 0.25) is 5.91 Å². The van der Waals surface area contributed by atoms with Crippen molar-refractivity contribution in [3.63, 3.8) is 0 Å². The van der Waals surface area contributed by atoms with Crippen LogP contribution < -0.4 is 4.74 Å². The van der Waals surface area contributed by atoms with E-state index in [9.17, 15) is 14.9 Å². The summed E-state index contributed by atoms with van der Waals surface area (Å²) in [5, 5.41) is 10.6. The quantitative estimate of drug-likeness (QED) is 0.617. The van der Waals surface area contributed by atoms with E-state index >= 15 is 0 Å². The fourth-order valence-corrected chi connectivity index (χ4v) is 2.45. The number of carbonyl (C=O) groups excluding carboxylic acids is 1. The van der Waals surface area contributed by atoms with E-state index in [4.69, 9.17) is 4.74 Å². The van der Waals surface area contributed by atoms with Gasteiger partial charge in [0.05, 0.1) is 11.5 Å². The number of piperidine rings is 1. The Morgan fingerprint density at radius 1 is 1.33 bits per heavy atom. The summed E-state index contributed by atoms with van der Waals surface area (Å²) in [4.78, 5) is 23.6. The highest BCUT2D eigenvalue weighted by Crippen LogP contribution is 2.21. The number of benzene rings is 1. The first-order valence-electron chi connectivity index (χ1n) is 7.25. The minimum Gasteiger partial charge on any atom is -0.493 e. The number of ether oxygens (including phenoxy) is 1. The molecular weight excluding hydrogens is 272 g/mol. The monoisotopic (exact) mass is 292 g/mol. The van der Waals surface area contributed by atoms with Crippen LogP contribution in [0.25, 0.3) is 0 Å². The molecule has 1 fully saturated rings. The van der Waals surface area contributed by atoms with Gasteiger partial charge < -0.3 is 9.64 Å². The van der Waals surface area contributed by atoms with Crippen LogP contribution in [0.15, 0.2) is 24.3 Å². The third-order valence-corrected chi connectivity index (χ3v) is 3.80. The Bertz CT molecular complexity index is 493. The Morgan fingerprint density at radius 3 is 2.48 bits per heavy atom. The molecule has 2 rings (SSSR count). The number of nitro groups is 1. The van der Waals surface area contributed by atoms with Crippen molar-refractivity contribution < 1.29 is 14.5 Å². The lowest BCUT2D eigenvalue weighted by molar-refractivity contribution is -0.384. The zero-order chi connectivity index (χ0) is 15.2. The molecule has 1 aromatic carbocycles. The van der Waals surface area contributed by atoms with E-state index in [2.05, 4.69) is 0 Å². The smallest absolute Gasteiger partial charge is 0.269 e. The van der Waals surface area contributed by atoms with E-state index in [0.29, 0.717) is 24.7 Å². The molecule has 21 heavy (non-hydrogen) atoms. The van der Waals surface area contributed by atoms with Crippen molar-refractivity contribution >= 4 is 11.6 Å². The van der Waals surface area contributed by atoms with E-state index in [1.54, 1.807) is 12.1 Å². The lowest BCUT2D eigenvalue weighted by Gasteiger charge is -2.31. The SMILES string of the molecule is CCC(=O)N1CCC(COc2ccc([N+](=O)[O-])cc2)CC1. The predicted molar refractivity (Wildman–Crippen MR) is 78.2 cm³/mol. The van der Waals surface area contributed by atoms with Gasteiger partial charge in [-0.3, -0.25) is 14.9 Å². The van der Waals surface area contributed by atoms with Gasteiger partial charge in [0.1, 0.15) is 5.75 Å². The summed E-state index contributed by atoms with van der Waals surface area (Å²) >= 11 is 0. The molecule has 1 heterocycles. The zero-order valence-electron chi connectivity index (χ0n) is 12.2. The molecule has 0 spiro atoms. The largest absolute Gasteiger partial charge is 0.493 e. The first-order chi connectivity index (χ1) is 10.1. The highest BCUT2D eigenvalue weighted by Gasteiger charge is 2.22. The molecule has 0 unspecified atom stereocenters. The second-order valence-corrected chi connectivity index (χ2v) is 5.24. The van der Waals surface area contributed by atoms with Gasteiger partial charge in [-0.05, 0) is 30.9 Å². The van der Waals surface area contributed by atoms with Gasteiger partial charge in [0.15, 0.2) is 0 Å². The number of carbonyl (C=O) groups is 1. The van der Waals surface area contributed by atoms with Gasteiger partial charge in [-0.25, -0.2) is 0 Å². The minimum absolute atomic E-state index is 0.0636. The molecule has 1 aliphatic heterocycles. The fraction of sp³-hybridized carbons (Fsp3) is 0.533. The van der Waals surface area contributed by atoms with Gasteiger partial charge in [0, 0.05) is 31.6 Å². The normalized spacial score (nSPS) is 15.8. The molecule has 0 aliphatic carbocycles. The second-order valence-electron chi connectivity index (χ2n) is 5.24. The van der Waals surface area contributed by atoms with Crippen molar-refractivity contribution in [3.8, 4) is 5.75 Å². The van der Waals surface area contributed by atoms with Crippen LogP contribution in [0.5, 0.6) is 5.75 Å². The molecule has 1 saturated heterocycles. The van der Waals surface area contributed by atoms with Crippen molar-refractivity contribution in [2.45, 2.75) is 26.2 Å². The Hall–Kier alpha value is -2.11. The summed E-state index contributed by atoms with van der Waals surface area (Å²) in [7, 11) is 0. The van der Waals surface area contributed by atoms with Crippen LogP contribution >= 0.6 is 0 Å². The molecule has 0 radical (unpaired) electrons. The Labute approximate surface area is 123 Å². The maximum absolute atomic E-state index is 11.6. The molecule has 1 aromatic rings. The zero-order valence-corrected chi connectivity index (χ0v) is 12.2. The number of hydrogen-bond donors (Lipinski definition) is 0. The van der Waals surface area contributed by atoms with Crippen molar-refractivity contribution in [1.29, 1.82) is 0 Å². The summed E-state index contributed by atoms with van der Waals surface area (Å²) in [6.07, 6.45) is 2.45. The van der Waals surface area contributed by atoms with Crippen LogP contribution in [0.4, 0.5) is 5.69 Å². The second kappa shape index (κ2) is 7.06. The van der Waals surface area contributed by atoms with Gasteiger partial charge in [-0.2, -0.15) is 0 Å². The van der Waals surface area contributed by atoms with E-state index in [1.165, 1.54) is 12.1 Å². The van der Waals surface area contributed by atoms with Crippen LogP contribution in [0.3, 0.4) is 0 Å². The maximum atomic E-state index is 11.6. The van der Waals surface area contributed by atoms with E-state index < -0.39 is 4.92 Å². The fourth-order valence-electron chi connectivity index (χ4n) is 2.45. The van der Waals surface area contributed by atoms with Crippen molar-refractivity contribution in [2.24, 2.45) is 5.92 Å². The molecule has 114 valence electrons. The number of amides is 1. The van der Waals surface area contributed by atoms with Gasteiger partial charge in [-0.1, -0.05) is 6.92 Å². The number of non-ortho nitro benzene ring substituents is 1. The van der Waals surface area contributed by atoms with Crippen molar-refractivity contribution in [1.82, 2.24) is 4.90 Å². The molecule has 0 saturated carbocycles.